The lowest BCUT2D eigenvalue weighted by Crippen LogP contribution is -2.01. The third-order valence-electron chi connectivity index (χ3n) is 3.05. The predicted octanol–water partition coefficient (Wildman–Crippen LogP) is 5.22. The maximum atomic E-state index is 12.6. The predicted molar refractivity (Wildman–Crippen MR) is 95.6 cm³/mol. The Kier molecular flexibility index (Phi) is 9.43. The van der Waals surface area contributed by atoms with Crippen molar-refractivity contribution in [3.8, 4) is 0 Å². The van der Waals surface area contributed by atoms with Crippen molar-refractivity contribution in [2.75, 3.05) is 26.4 Å². The van der Waals surface area contributed by atoms with Crippen molar-refractivity contribution in [2.45, 2.75) is 40.0 Å². The molecule has 0 fully saturated rings. The van der Waals surface area contributed by atoms with E-state index in [9.17, 15) is 9.13 Å². The van der Waals surface area contributed by atoms with Crippen LogP contribution in [0.5, 0.6) is 0 Å². The van der Waals surface area contributed by atoms with Crippen molar-refractivity contribution < 1.29 is 27.2 Å². The summed E-state index contributed by atoms with van der Waals surface area (Å²) in [6.07, 6.45) is 0.353. The fourth-order valence-corrected chi connectivity index (χ4v) is 5.69. The zero-order valence-corrected chi connectivity index (χ0v) is 16.7. The Balaban J connectivity index is 2.93. The van der Waals surface area contributed by atoms with Gasteiger partial charge >= 0.3 is 15.2 Å². The fraction of sp³-hybridized carbons (Fsp3) is 0.625. The Morgan fingerprint density at radius 2 is 1.04 bits per heavy atom. The Morgan fingerprint density at radius 1 is 0.708 bits per heavy atom. The Morgan fingerprint density at radius 3 is 1.33 bits per heavy atom. The molecule has 6 nitrogen and oxygen atoms in total. The van der Waals surface area contributed by atoms with Crippen molar-refractivity contribution in [1.82, 2.24) is 0 Å². The van der Waals surface area contributed by atoms with Gasteiger partial charge in [0.1, 0.15) is 0 Å². The minimum atomic E-state index is -3.17. The highest BCUT2D eigenvalue weighted by Gasteiger charge is 2.26. The molecule has 0 aromatic heterocycles. The highest BCUT2D eigenvalue weighted by atomic mass is 31.2. The Labute approximate surface area is 144 Å². The average Bonchev–Trinajstić information content (AvgIpc) is 2.47. The van der Waals surface area contributed by atoms with Crippen LogP contribution in [0.15, 0.2) is 24.3 Å². The molecule has 1 aromatic rings. The first kappa shape index (κ1) is 21.6. The van der Waals surface area contributed by atoms with Gasteiger partial charge in [-0.2, -0.15) is 0 Å². The molecule has 0 atom stereocenters. The molecule has 24 heavy (non-hydrogen) atoms. The van der Waals surface area contributed by atoms with Gasteiger partial charge in [-0.1, -0.05) is 24.3 Å². The molecular weight excluding hydrogens is 350 g/mol. The van der Waals surface area contributed by atoms with Gasteiger partial charge in [-0.05, 0) is 38.8 Å². The summed E-state index contributed by atoms with van der Waals surface area (Å²) >= 11 is 0. The van der Waals surface area contributed by atoms with Gasteiger partial charge in [0.2, 0.25) is 0 Å². The minimum Gasteiger partial charge on any atom is -0.309 e. The smallest absolute Gasteiger partial charge is 0.309 e. The van der Waals surface area contributed by atoms with E-state index in [1.165, 1.54) is 0 Å². The summed E-state index contributed by atoms with van der Waals surface area (Å²) in [5, 5.41) is 0. The van der Waals surface area contributed by atoms with E-state index < -0.39 is 15.2 Å². The van der Waals surface area contributed by atoms with Crippen LogP contribution in [-0.4, -0.2) is 26.4 Å². The summed E-state index contributed by atoms with van der Waals surface area (Å²) in [7, 11) is -6.34. The molecule has 8 heteroatoms. The van der Waals surface area contributed by atoms with Gasteiger partial charge in [0.15, 0.2) is 0 Å². The molecule has 0 unspecified atom stereocenters. The van der Waals surface area contributed by atoms with Crippen molar-refractivity contribution in [3.63, 3.8) is 0 Å². The first-order chi connectivity index (χ1) is 11.4. The lowest BCUT2D eigenvalue weighted by molar-refractivity contribution is 0.218. The molecule has 0 bridgehead atoms. The fourth-order valence-electron chi connectivity index (χ4n) is 2.32. The van der Waals surface area contributed by atoms with Crippen molar-refractivity contribution in [3.05, 3.63) is 35.4 Å². The Hall–Kier alpha value is -0.480. The summed E-state index contributed by atoms with van der Waals surface area (Å²) in [5.74, 6) is 0. The van der Waals surface area contributed by atoms with Crippen LogP contribution in [0.1, 0.15) is 38.8 Å². The first-order valence-corrected chi connectivity index (χ1v) is 11.7. The second-order valence-electron chi connectivity index (χ2n) is 5.03. The molecule has 0 amide bonds. The number of hydrogen-bond donors (Lipinski definition) is 0. The largest absolute Gasteiger partial charge is 0.335 e. The number of rotatable bonds is 12. The SMILES string of the molecule is CCOP(=O)(Cc1cccc(CP(=O)(OCC)OCC)c1)OCC. The van der Waals surface area contributed by atoms with Gasteiger partial charge in [0.05, 0.1) is 38.8 Å². The highest BCUT2D eigenvalue weighted by Crippen LogP contribution is 2.53. The lowest BCUT2D eigenvalue weighted by Gasteiger charge is -2.19. The molecule has 0 aliphatic heterocycles. The van der Waals surface area contributed by atoms with Crippen LogP contribution in [0.3, 0.4) is 0 Å². The van der Waals surface area contributed by atoms with E-state index in [0.29, 0.717) is 26.4 Å². The molecule has 0 heterocycles. The standard InChI is InChI=1S/C16H28O6P2/c1-5-19-23(17,20-6-2)13-15-10-9-11-16(12-15)14-24(18,21-7-3)22-8-4/h9-12H,5-8,13-14H2,1-4H3. The maximum absolute atomic E-state index is 12.6. The molecule has 0 N–H and O–H groups in total. The molecule has 0 aliphatic carbocycles. The monoisotopic (exact) mass is 378 g/mol. The molecular formula is C16H28O6P2. The number of benzene rings is 1. The molecule has 1 rings (SSSR count). The molecule has 0 saturated heterocycles. The van der Waals surface area contributed by atoms with Gasteiger partial charge in [-0.15, -0.1) is 0 Å². The first-order valence-electron chi connectivity index (χ1n) is 8.24. The normalized spacial score (nSPS) is 12.5. The van der Waals surface area contributed by atoms with E-state index in [0.717, 1.165) is 11.1 Å². The van der Waals surface area contributed by atoms with E-state index in [1.54, 1.807) is 27.7 Å². The van der Waals surface area contributed by atoms with Crippen LogP contribution in [0, 0.1) is 0 Å². The van der Waals surface area contributed by atoms with Gasteiger partial charge in [0, 0.05) is 0 Å². The van der Waals surface area contributed by atoms with Gasteiger partial charge in [0.25, 0.3) is 0 Å². The van der Waals surface area contributed by atoms with Crippen molar-refractivity contribution >= 4 is 15.2 Å². The van der Waals surface area contributed by atoms with Crippen LogP contribution in [0.25, 0.3) is 0 Å². The van der Waals surface area contributed by atoms with E-state index >= 15 is 0 Å². The summed E-state index contributed by atoms with van der Waals surface area (Å²) in [5.41, 5.74) is 1.61. The second-order valence-corrected chi connectivity index (χ2v) is 9.14. The zero-order chi connectivity index (χ0) is 18.1. The molecule has 0 aliphatic rings. The van der Waals surface area contributed by atoms with E-state index in [2.05, 4.69) is 0 Å². The topological polar surface area (TPSA) is 71.1 Å². The third-order valence-corrected chi connectivity index (χ3v) is 7.16. The van der Waals surface area contributed by atoms with Crippen LogP contribution < -0.4 is 0 Å². The summed E-state index contributed by atoms with van der Waals surface area (Å²) in [4.78, 5) is 0. The summed E-state index contributed by atoms with van der Waals surface area (Å²) in [6, 6.07) is 7.37. The zero-order valence-electron chi connectivity index (χ0n) is 14.9. The van der Waals surface area contributed by atoms with E-state index in [-0.39, 0.29) is 12.3 Å². The highest BCUT2D eigenvalue weighted by molar-refractivity contribution is 7.53. The molecule has 0 saturated carbocycles. The quantitative estimate of drug-likeness (QED) is 0.465. The van der Waals surface area contributed by atoms with Gasteiger partial charge in [-0.25, -0.2) is 0 Å². The summed E-state index contributed by atoms with van der Waals surface area (Å²) < 4.78 is 46.6. The molecule has 0 radical (unpaired) electrons. The van der Waals surface area contributed by atoms with Crippen LogP contribution in [0.2, 0.25) is 0 Å². The molecule has 1 aromatic carbocycles. The lowest BCUT2D eigenvalue weighted by atomic mass is 10.2. The maximum Gasteiger partial charge on any atom is 0.335 e. The number of hydrogen-bond acceptors (Lipinski definition) is 6. The molecule has 138 valence electrons. The third kappa shape index (κ3) is 7.18. The van der Waals surface area contributed by atoms with Gasteiger partial charge < -0.3 is 18.1 Å². The van der Waals surface area contributed by atoms with E-state index in [1.807, 2.05) is 24.3 Å². The van der Waals surface area contributed by atoms with Crippen LogP contribution in [0.4, 0.5) is 0 Å². The molecule has 0 spiro atoms. The van der Waals surface area contributed by atoms with Crippen molar-refractivity contribution in [2.24, 2.45) is 0 Å². The van der Waals surface area contributed by atoms with E-state index in [4.69, 9.17) is 18.1 Å². The minimum absolute atomic E-state index is 0.177. The summed E-state index contributed by atoms with van der Waals surface area (Å²) in [6.45, 7) is 8.40. The van der Waals surface area contributed by atoms with Crippen molar-refractivity contribution in [1.29, 1.82) is 0 Å². The average molecular weight is 378 g/mol. The van der Waals surface area contributed by atoms with Crippen LogP contribution >= 0.6 is 15.2 Å². The van der Waals surface area contributed by atoms with Gasteiger partial charge in [-0.3, -0.25) is 9.13 Å². The van der Waals surface area contributed by atoms with Crippen LogP contribution in [-0.2, 0) is 39.5 Å². The second kappa shape index (κ2) is 10.5. The Bertz CT molecular complexity index is 522.